The van der Waals surface area contributed by atoms with Crippen molar-refractivity contribution < 1.29 is 19.8 Å². The molecule has 20 heavy (non-hydrogen) atoms. The number of benzene rings is 1. The van der Waals surface area contributed by atoms with Gasteiger partial charge in [-0.2, -0.15) is 0 Å². The van der Waals surface area contributed by atoms with Crippen LogP contribution in [0.15, 0.2) is 30.5 Å². The number of aromatic carboxylic acids is 1. The van der Waals surface area contributed by atoms with Gasteiger partial charge < -0.3 is 15.1 Å². The van der Waals surface area contributed by atoms with E-state index in [4.69, 9.17) is 5.11 Å². The van der Waals surface area contributed by atoms with Gasteiger partial charge in [0.15, 0.2) is 5.69 Å². The molecule has 0 aliphatic heterocycles. The van der Waals surface area contributed by atoms with Crippen LogP contribution in [-0.4, -0.2) is 44.1 Å². The van der Waals surface area contributed by atoms with Crippen molar-refractivity contribution in [3.05, 3.63) is 36.2 Å². The van der Waals surface area contributed by atoms with Crippen molar-refractivity contribution in [1.82, 2.24) is 15.0 Å². The molecule has 8 nitrogen and oxygen atoms in total. The highest BCUT2D eigenvalue weighted by molar-refractivity contribution is 5.92. The van der Waals surface area contributed by atoms with Crippen molar-refractivity contribution >= 4 is 17.6 Å². The zero-order chi connectivity index (χ0) is 14.7. The number of aromatic hydroxyl groups is 1. The standard InChI is InChI=1S/C12H12N4O4/c1-15(8-3-2-4-9(17)5-8)11(18)7-16-6-10(12(19)20)13-14-16/h2-6,17H,7H2,1H3,(H,19,20). The first-order chi connectivity index (χ1) is 9.47. The van der Waals surface area contributed by atoms with Crippen LogP contribution in [0.1, 0.15) is 10.5 Å². The lowest BCUT2D eigenvalue weighted by Gasteiger charge is -2.17. The third-order valence-electron chi connectivity index (χ3n) is 2.65. The molecule has 0 saturated carbocycles. The number of anilines is 1. The van der Waals surface area contributed by atoms with Gasteiger partial charge in [0.05, 0.1) is 6.20 Å². The van der Waals surface area contributed by atoms with Crippen LogP contribution in [0.25, 0.3) is 0 Å². The molecular formula is C12H12N4O4. The number of likely N-dealkylation sites (N-methyl/N-ethyl adjacent to an activating group) is 1. The van der Waals surface area contributed by atoms with Crippen molar-refractivity contribution in [2.24, 2.45) is 0 Å². The number of carbonyl (C=O) groups excluding carboxylic acids is 1. The third-order valence-corrected chi connectivity index (χ3v) is 2.65. The number of carboxylic acid groups (broad SMARTS) is 1. The summed E-state index contributed by atoms with van der Waals surface area (Å²) < 4.78 is 1.14. The van der Waals surface area contributed by atoms with Crippen LogP contribution in [0.2, 0.25) is 0 Å². The Balaban J connectivity index is 2.09. The van der Waals surface area contributed by atoms with Crippen LogP contribution in [0.5, 0.6) is 5.75 Å². The van der Waals surface area contributed by atoms with Crippen LogP contribution < -0.4 is 4.90 Å². The van der Waals surface area contributed by atoms with E-state index in [0.29, 0.717) is 5.69 Å². The number of nitrogens with zero attached hydrogens (tertiary/aromatic N) is 4. The number of phenols is 1. The number of hydrogen-bond acceptors (Lipinski definition) is 5. The molecule has 0 bridgehead atoms. The smallest absolute Gasteiger partial charge is 0.358 e. The fraction of sp³-hybridized carbons (Fsp3) is 0.167. The second-order valence-corrected chi connectivity index (χ2v) is 4.08. The second-order valence-electron chi connectivity index (χ2n) is 4.08. The molecule has 1 aromatic heterocycles. The van der Waals surface area contributed by atoms with Crippen LogP contribution in [0.3, 0.4) is 0 Å². The van der Waals surface area contributed by atoms with Gasteiger partial charge in [-0.1, -0.05) is 11.3 Å². The number of amides is 1. The normalized spacial score (nSPS) is 10.2. The molecule has 1 amide bonds. The van der Waals surface area contributed by atoms with Gasteiger partial charge >= 0.3 is 5.97 Å². The Labute approximate surface area is 113 Å². The van der Waals surface area contributed by atoms with Crippen LogP contribution in [0.4, 0.5) is 5.69 Å². The molecule has 0 aliphatic carbocycles. The van der Waals surface area contributed by atoms with E-state index in [2.05, 4.69) is 10.3 Å². The molecular weight excluding hydrogens is 264 g/mol. The van der Waals surface area contributed by atoms with Crippen LogP contribution in [-0.2, 0) is 11.3 Å². The average Bonchev–Trinajstić information content (AvgIpc) is 2.86. The van der Waals surface area contributed by atoms with Crippen molar-refractivity contribution in [1.29, 1.82) is 0 Å². The fourth-order valence-corrected chi connectivity index (χ4v) is 1.56. The molecule has 104 valence electrons. The van der Waals surface area contributed by atoms with Crippen molar-refractivity contribution in [3.63, 3.8) is 0 Å². The van der Waals surface area contributed by atoms with Crippen molar-refractivity contribution in [3.8, 4) is 5.75 Å². The first-order valence-corrected chi connectivity index (χ1v) is 5.66. The van der Waals surface area contributed by atoms with E-state index in [9.17, 15) is 14.7 Å². The fourth-order valence-electron chi connectivity index (χ4n) is 1.56. The van der Waals surface area contributed by atoms with E-state index < -0.39 is 5.97 Å². The van der Waals surface area contributed by atoms with Gasteiger partial charge in [-0.25, -0.2) is 9.48 Å². The highest BCUT2D eigenvalue weighted by Gasteiger charge is 2.15. The maximum atomic E-state index is 12.0. The Kier molecular flexibility index (Phi) is 3.65. The van der Waals surface area contributed by atoms with E-state index >= 15 is 0 Å². The van der Waals surface area contributed by atoms with Gasteiger partial charge in [0, 0.05) is 18.8 Å². The van der Waals surface area contributed by atoms with Gasteiger partial charge in [-0.15, -0.1) is 5.10 Å². The van der Waals surface area contributed by atoms with E-state index in [1.54, 1.807) is 19.2 Å². The summed E-state index contributed by atoms with van der Waals surface area (Å²) >= 11 is 0. The lowest BCUT2D eigenvalue weighted by atomic mass is 10.3. The molecule has 0 atom stereocenters. The number of rotatable bonds is 4. The van der Waals surface area contributed by atoms with Gasteiger partial charge in [-0.3, -0.25) is 4.79 Å². The van der Waals surface area contributed by atoms with Crippen molar-refractivity contribution in [2.45, 2.75) is 6.54 Å². The molecule has 1 heterocycles. The molecule has 2 rings (SSSR count). The van der Waals surface area contributed by atoms with Gasteiger partial charge in [-0.05, 0) is 12.1 Å². The minimum absolute atomic E-state index is 0.0519. The molecule has 0 spiro atoms. The summed E-state index contributed by atoms with van der Waals surface area (Å²) in [6, 6.07) is 6.23. The first-order valence-electron chi connectivity index (χ1n) is 5.66. The number of phenolic OH excluding ortho intramolecular Hbond substituents is 1. The SMILES string of the molecule is CN(C(=O)Cn1cc(C(=O)O)nn1)c1cccc(O)c1. The Morgan fingerprint density at radius 2 is 2.15 bits per heavy atom. The van der Waals surface area contributed by atoms with E-state index in [1.807, 2.05) is 0 Å². The maximum absolute atomic E-state index is 12.0. The summed E-state index contributed by atoms with van der Waals surface area (Å²) in [6.07, 6.45) is 1.18. The first kappa shape index (κ1) is 13.5. The number of aromatic nitrogens is 3. The molecule has 0 aliphatic rings. The van der Waals surface area contributed by atoms with Gasteiger partial charge in [0.1, 0.15) is 12.3 Å². The lowest BCUT2D eigenvalue weighted by molar-refractivity contribution is -0.119. The zero-order valence-corrected chi connectivity index (χ0v) is 10.6. The predicted molar refractivity (Wildman–Crippen MR) is 68.5 cm³/mol. The molecule has 0 radical (unpaired) electrons. The predicted octanol–water partition coefficient (Wildman–Crippen LogP) is 0.345. The largest absolute Gasteiger partial charge is 0.508 e. The summed E-state index contributed by atoms with van der Waals surface area (Å²) in [5.41, 5.74) is 0.298. The Morgan fingerprint density at radius 3 is 2.75 bits per heavy atom. The quantitative estimate of drug-likeness (QED) is 0.833. The molecule has 0 fully saturated rings. The maximum Gasteiger partial charge on any atom is 0.358 e. The average molecular weight is 276 g/mol. The van der Waals surface area contributed by atoms with E-state index in [1.165, 1.54) is 23.2 Å². The topological polar surface area (TPSA) is 109 Å². The van der Waals surface area contributed by atoms with Crippen LogP contribution in [0, 0.1) is 0 Å². The van der Waals surface area contributed by atoms with E-state index in [0.717, 1.165) is 4.68 Å². The monoisotopic (exact) mass is 276 g/mol. The zero-order valence-electron chi connectivity index (χ0n) is 10.6. The Morgan fingerprint density at radius 1 is 1.40 bits per heavy atom. The molecule has 0 saturated heterocycles. The lowest BCUT2D eigenvalue weighted by Crippen LogP contribution is -2.30. The Bertz CT molecular complexity index is 652. The summed E-state index contributed by atoms with van der Waals surface area (Å²) in [6.45, 7) is -0.146. The van der Waals surface area contributed by atoms with Gasteiger partial charge in [0.25, 0.3) is 0 Å². The summed E-state index contributed by atoms with van der Waals surface area (Å²) in [7, 11) is 1.55. The molecule has 2 aromatic rings. The molecule has 8 heteroatoms. The van der Waals surface area contributed by atoms with Crippen LogP contribution >= 0.6 is 0 Å². The minimum Gasteiger partial charge on any atom is -0.508 e. The highest BCUT2D eigenvalue weighted by Crippen LogP contribution is 2.19. The molecule has 2 N–H and O–H groups in total. The molecule has 1 aromatic carbocycles. The second kappa shape index (κ2) is 5.39. The minimum atomic E-state index is -1.20. The number of carboxylic acids is 1. The third kappa shape index (κ3) is 2.91. The number of carbonyl (C=O) groups is 2. The van der Waals surface area contributed by atoms with Crippen molar-refractivity contribution in [2.75, 3.05) is 11.9 Å². The van der Waals surface area contributed by atoms with Gasteiger partial charge in [0.2, 0.25) is 5.91 Å². The summed E-state index contributed by atoms with van der Waals surface area (Å²) in [5.74, 6) is -1.47. The van der Waals surface area contributed by atoms with E-state index in [-0.39, 0.29) is 23.9 Å². The highest BCUT2D eigenvalue weighted by atomic mass is 16.4. The molecule has 0 unspecified atom stereocenters. The summed E-state index contributed by atoms with van der Waals surface area (Å²) in [5, 5.41) is 25.1. The Hall–Kier alpha value is -2.90. The number of hydrogen-bond donors (Lipinski definition) is 2. The summed E-state index contributed by atoms with van der Waals surface area (Å²) in [4.78, 5) is 24.0.